The van der Waals surface area contributed by atoms with Crippen molar-refractivity contribution in [3.05, 3.63) is 99.6 Å². The largest absolute Gasteiger partial charge is 0.478 e. The minimum Gasteiger partial charge on any atom is -0.478 e. The number of carboxylic acid groups (broad SMARTS) is 1. The summed E-state index contributed by atoms with van der Waals surface area (Å²) in [6, 6.07) is 20.1. The molecule has 0 amide bonds. The number of aromatic nitrogens is 2. The lowest BCUT2D eigenvalue weighted by molar-refractivity contribution is 0.0697. The predicted molar refractivity (Wildman–Crippen MR) is 123 cm³/mol. The summed E-state index contributed by atoms with van der Waals surface area (Å²) in [6.07, 6.45) is 1.62. The average molecular weight is 412 g/mol. The fourth-order valence-corrected chi connectivity index (χ4v) is 3.92. The highest BCUT2D eigenvalue weighted by Gasteiger charge is 2.12. The van der Waals surface area contributed by atoms with Gasteiger partial charge in [-0.1, -0.05) is 56.3 Å². The summed E-state index contributed by atoms with van der Waals surface area (Å²) in [5.74, 6) is -0.950. The summed E-state index contributed by atoms with van der Waals surface area (Å²) in [6.45, 7) is 4.57. The first-order valence-corrected chi connectivity index (χ1v) is 10.5. The van der Waals surface area contributed by atoms with Crippen LogP contribution in [0.3, 0.4) is 0 Å². The highest BCUT2D eigenvalue weighted by atomic mass is 16.4. The standard InChI is InChI=1S/C26H24N2O3/c1-3-19-15-24-22(23(4-2)27-19)13-14-25(29)28(24)16-17-9-11-18(12-10-17)20-7-5-6-8-21(20)26(30)31/h5-15H,3-4,16H2,1-2H3,(H,30,31). The number of carbonyl (C=O) groups is 1. The van der Waals surface area contributed by atoms with Crippen LogP contribution in [0.4, 0.5) is 0 Å². The van der Waals surface area contributed by atoms with Gasteiger partial charge in [-0.15, -0.1) is 0 Å². The smallest absolute Gasteiger partial charge is 0.336 e. The van der Waals surface area contributed by atoms with Gasteiger partial charge in [-0.3, -0.25) is 9.78 Å². The van der Waals surface area contributed by atoms with Gasteiger partial charge in [-0.2, -0.15) is 0 Å². The molecular formula is C26H24N2O3. The number of benzene rings is 2. The Morgan fingerprint density at radius 1 is 0.968 bits per heavy atom. The van der Waals surface area contributed by atoms with Crippen molar-refractivity contribution in [1.82, 2.24) is 9.55 Å². The molecule has 4 rings (SSSR count). The fourth-order valence-electron chi connectivity index (χ4n) is 3.92. The van der Waals surface area contributed by atoms with Gasteiger partial charge in [0.05, 0.1) is 17.6 Å². The Morgan fingerprint density at radius 3 is 2.39 bits per heavy atom. The average Bonchev–Trinajstić information content (AvgIpc) is 2.80. The van der Waals surface area contributed by atoms with Crippen LogP contribution in [0.15, 0.2) is 71.5 Å². The van der Waals surface area contributed by atoms with Crippen LogP contribution in [-0.4, -0.2) is 20.6 Å². The van der Waals surface area contributed by atoms with Crippen molar-refractivity contribution >= 4 is 16.9 Å². The molecule has 0 atom stereocenters. The first kappa shape index (κ1) is 20.5. The second kappa shape index (κ2) is 8.56. The van der Waals surface area contributed by atoms with E-state index in [1.807, 2.05) is 42.5 Å². The van der Waals surface area contributed by atoms with Crippen molar-refractivity contribution in [3.8, 4) is 11.1 Å². The zero-order valence-electron chi connectivity index (χ0n) is 17.6. The number of pyridine rings is 2. The molecule has 5 nitrogen and oxygen atoms in total. The Kier molecular flexibility index (Phi) is 5.67. The minimum atomic E-state index is -0.950. The van der Waals surface area contributed by atoms with Crippen LogP contribution in [0, 0.1) is 0 Å². The molecule has 0 spiro atoms. The van der Waals surface area contributed by atoms with Gasteiger partial charge in [0, 0.05) is 22.8 Å². The molecule has 5 heteroatoms. The SMILES string of the molecule is CCc1cc2c(ccc(=O)n2Cc2ccc(-c3ccccc3C(=O)O)cc2)c(CC)n1. The Hall–Kier alpha value is -3.73. The Balaban J connectivity index is 1.75. The Labute approximate surface area is 180 Å². The van der Waals surface area contributed by atoms with E-state index in [0.29, 0.717) is 12.1 Å². The molecule has 0 saturated heterocycles. The summed E-state index contributed by atoms with van der Waals surface area (Å²) in [4.78, 5) is 29.0. The number of fused-ring (bicyclic) bond motifs is 1. The topological polar surface area (TPSA) is 72.2 Å². The van der Waals surface area contributed by atoms with E-state index < -0.39 is 5.97 Å². The predicted octanol–water partition coefficient (Wildman–Crippen LogP) is 4.93. The molecule has 0 saturated carbocycles. The van der Waals surface area contributed by atoms with Crippen LogP contribution in [0.25, 0.3) is 22.0 Å². The molecule has 0 unspecified atom stereocenters. The number of hydrogen-bond donors (Lipinski definition) is 1. The maximum absolute atomic E-state index is 12.7. The van der Waals surface area contributed by atoms with E-state index in [0.717, 1.165) is 46.3 Å². The van der Waals surface area contributed by atoms with Crippen LogP contribution in [0.5, 0.6) is 0 Å². The number of carboxylic acids is 1. The molecule has 0 aliphatic rings. The van der Waals surface area contributed by atoms with Gasteiger partial charge in [-0.05, 0) is 47.7 Å². The third kappa shape index (κ3) is 3.99. The number of hydrogen-bond acceptors (Lipinski definition) is 3. The monoisotopic (exact) mass is 412 g/mol. The van der Waals surface area contributed by atoms with Crippen LogP contribution in [-0.2, 0) is 19.4 Å². The lowest BCUT2D eigenvalue weighted by Gasteiger charge is -2.14. The summed E-state index contributed by atoms with van der Waals surface area (Å²) in [5, 5.41) is 10.5. The Bertz CT molecular complexity index is 1320. The summed E-state index contributed by atoms with van der Waals surface area (Å²) < 4.78 is 1.79. The van der Waals surface area contributed by atoms with Crippen LogP contribution < -0.4 is 5.56 Å². The third-order valence-electron chi connectivity index (χ3n) is 5.58. The van der Waals surface area contributed by atoms with E-state index in [9.17, 15) is 14.7 Å². The molecular weight excluding hydrogens is 388 g/mol. The molecule has 0 aliphatic carbocycles. The first-order valence-electron chi connectivity index (χ1n) is 10.5. The minimum absolute atomic E-state index is 0.0527. The molecule has 4 aromatic rings. The van der Waals surface area contributed by atoms with Crippen molar-refractivity contribution in [2.24, 2.45) is 0 Å². The molecule has 2 aromatic carbocycles. The molecule has 2 aromatic heterocycles. The Morgan fingerprint density at radius 2 is 1.71 bits per heavy atom. The number of nitrogens with zero attached hydrogens (tertiary/aromatic N) is 2. The van der Waals surface area contributed by atoms with E-state index in [2.05, 4.69) is 13.8 Å². The first-order chi connectivity index (χ1) is 15.0. The third-order valence-corrected chi connectivity index (χ3v) is 5.58. The second-order valence-electron chi connectivity index (χ2n) is 7.51. The molecule has 156 valence electrons. The van der Waals surface area contributed by atoms with Crippen molar-refractivity contribution in [3.63, 3.8) is 0 Å². The molecule has 1 N–H and O–H groups in total. The van der Waals surface area contributed by atoms with Crippen molar-refractivity contribution < 1.29 is 9.90 Å². The molecule has 0 bridgehead atoms. The van der Waals surface area contributed by atoms with Crippen LogP contribution in [0.2, 0.25) is 0 Å². The maximum Gasteiger partial charge on any atom is 0.336 e. The van der Waals surface area contributed by atoms with E-state index in [1.165, 1.54) is 0 Å². The lowest BCUT2D eigenvalue weighted by Crippen LogP contribution is -2.20. The van der Waals surface area contributed by atoms with Gasteiger partial charge in [0.2, 0.25) is 0 Å². The normalized spacial score (nSPS) is 11.0. The molecule has 31 heavy (non-hydrogen) atoms. The van der Waals surface area contributed by atoms with Crippen molar-refractivity contribution in [2.75, 3.05) is 0 Å². The summed E-state index contributed by atoms with van der Waals surface area (Å²) >= 11 is 0. The number of aromatic carboxylic acids is 1. The summed E-state index contributed by atoms with van der Waals surface area (Å²) in [5.41, 5.74) is 5.58. The number of aryl methyl sites for hydroxylation is 2. The quantitative estimate of drug-likeness (QED) is 0.487. The fraction of sp³-hybridized carbons (Fsp3) is 0.192. The van der Waals surface area contributed by atoms with Crippen molar-refractivity contribution in [1.29, 1.82) is 0 Å². The molecule has 0 fully saturated rings. The summed E-state index contributed by atoms with van der Waals surface area (Å²) in [7, 11) is 0. The maximum atomic E-state index is 12.7. The van der Waals surface area contributed by atoms with Gasteiger partial charge in [0.25, 0.3) is 5.56 Å². The second-order valence-corrected chi connectivity index (χ2v) is 7.51. The highest BCUT2D eigenvalue weighted by molar-refractivity contribution is 5.96. The molecule has 0 radical (unpaired) electrons. The van der Waals surface area contributed by atoms with Crippen molar-refractivity contribution in [2.45, 2.75) is 33.2 Å². The van der Waals surface area contributed by atoms with E-state index in [-0.39, 0.29) is 11.1 Å². The zero-order valence-corrected chi connectivity index (χ0v) is 17.6. The highest BCUT2D eigenvalue weighted by Crippen LogP contribution is 2.25. The van der Waals surface area contributed by atoms with E-state index in [4.69, 9.17) is 4.98 Å². The van der Waals surface area contributed by atoms with Gasteiger partial charge in [0.15, 0.2) is 0 Å². The van der Waals surface area contributed by atoms with Crippen LogP contribution >= 0.6 is 0 Å². The van der Waals surface area contributed by atoms with E-state index in [1.54, 1.807) is 28.8 Å². The molecule has 2 heterocycles. The number of rotatable bonds is 6. The zero-order chi connectivity index (χ0) is 22.0. The van der Waals surface area contributed by atoms with Gasteiger partial charge < -0.3 is 9.67 Å². The van der Waals surface area contributed by atoms with E-state index >= 15 is 0 Å². The van der Waals surface area contributed by atoms with Gasteiger partial charge >= 0.3 is 5.97 Å². The molecule has 0 aliphatic heterocycles. The lowest BCUT2D eigenvalue weighted by atomic mass is 9.98. The van der Waals surface area contributed by atoms with Crippen LogP contribution in [0.1, 0.15) is 41.2 Å². The van der Waals surface area contributed by atoms with Gasteiger partial charge in [0.1, 0.15) is 0 Å². The van der Waals surface area contributed by atoms with Gasteiger partial charge in [-0.25, -0.2) is 4.79 Å².